The van der Waals surface area contributed by atoms with Gasteiger partial charge in [0, 0.05) is 0 Å². The Morgan fingerprint density at radius 1 is 0.903 bits per heavy atom. The summed E-state index contributed by atoms with van der Waals surface area (Å²) < 4.78 is 0. The van der Waals surface area contributed by atoms with Crippen LogP contribution in [-0.4, -0.2) is 0 Å². The van der Waals surface area contributed by atoms with Gasteiger partial charge < -0.3 is 0 Å². The molecule has 0 saturated heterocycles. The van der Waals surface area contributed by atoms with E-state index in [1.165, 1.54) is 36.0 Å². The van der Waals surface area contributed by atoms with E-state index in [0.717, 1.165) is 25.2 Å². The first kappa shape index (κ1) is 25.4. The van der Waals surface area contributed by atoms with E-state index in [1.54, 1.807) is 0 Å². The van der Waals surface area contributed by atoms with Gasteiger partial charge in [0.2, 0.25) is 0 Å². The van der Waals surface area contributed by atoms with E-state index in [1.807, 2.05) is 0 Å². The molecule has 2 aromatic rings. The van der Waals surface area contributed by atoms with Gasteiger partial charge in [-0.15, -0.1) is 6.58 Å². The second-order valence-corrected chi connectivity index (χ2v) is 11.6. The van der Waals surface area contributed by atoms with Crippen LogP contribution in [0.1, 0.15) is 97.3 Å². The predicted octanol–water partition coefficient (Wildman–Crippen LogP) is 9.28. The Labute approximate surface area is 193 Å². The molecule has 0 spiro atoms. The Bertz CT molecular complexity index is 811. The third kappa shape index (κ3) is 7.37. The van der Waals surface area contributed by atoms with Crippen molar-refractivity contribution in [1.29, 1.82) is 0 Å². The van der Waals surface area contributed by atoms with Crippen molar-refractivity contribution in [3.63, 3.8) is 0 Å². The molecule has 0 radical (unpaired) electrons. The number of allylic oxidation sites excluding steroid dienone is 1. The molecule has 0 saturated carbocycles. The standard InChI is InChI=1S/C31H46/c1-9-20-29(4,5)24-30(6,7)28-18-14-15-26(22-28)19-21-31(8,23-25(3)10-2)27-16-12-11-13-17-27/h9,11-18,22,25H,1,10,19-21,23-24H2,2-8H3. The Kier molecular flexibility index (Phi) is 8.75. The van der Waals surface area contributed by atoms with E-state index >= 15 is 0 Å². The summed E-state index contributed by atoms with van der Waals surface area (Å²) in [4.78, 5) is 0. The van der Waals surface area contributed by atoms with E-state index in [-0.39, 0.29) is 16.2 Å². The summed E-state index contributed by atoms with van der Waals surface area (Å²) in [6.07, 6.45) is 9.08. The maximum atomic E-state index is 3.96. The highest BCUT2D eigenvalue weighted by Crippen LogP contribution is 2.40. The molecule has 0 bridgehead atoms. The first-order chi connectivity index (χ1) is 14.5. The largest absolute Gasteiger partial charge is 0.103 e. The Balaban J connectivity index is 2.21. The van der Waals surface area contributed by atoms with Crippen LogP contribution in [0.4, 0.5) is 0 Å². The van der Waals surface area contributed by atoms with Crippen LogP contribution in [0.3, 0.4) is 0 Å². The fraction of sp³-hybridized carbons (Fsp3) is 0.548. The molecule has 31 heavy (non-hydrogen) atoms. The molecule has 0 aliphatic heterocycles. The van der Waals surface area contributed by atoms with E-state index in [0.29, 0.717) is 0 Å². The van der Waals surface area contributed by atoms with Gasteiger partial charge in [-0.25, -0.2) is 0 Å². The zero-order valence-electron chi connectivity index (χ0n) is 21.3. The van der Waals surface area contributed by atoms with Crippen molar-refractivity contribution in [2.24, 2.45) is 11.3 Å². The highest BCUT2D eigenvalue weighted by atomic mass is 14.3. The molecule has 2 rings (SSSR count). The van der Waals surface area contributed by atoms with Gasteiger partial charge in [-0.2, -0.15) is 0 Å². The Morgan fingerprint density at radius 3 is 2.16 bits per heavy atom. The van der Waals surface area contributed by atoms with Crippen LogP contribution >= 0.6 is 0 Å². The van der Waals surface area contributed by atoms with Crippen LogP contribution in [0.15, 0.2) is 67.3 Å². The minimum Gasteiger partial charge on any atom is -0.103 e. The average molecular weight is 419 g/mol. The zero-order chi connectivity index (χ0) is 23.1. The van der Waals surface area contributed by atoms with E-state index < -0.39 is 0 Å². The summed E-state index contributed by atoms with van der Waals surface area (Å²) >= 11 is 0. The van der Waals surface area contributed by atoms with Crippen LogP contribution in [0, 0.1) is 11.3 Å². The van der Waals surface area contributed by atoms with Gasteiger partial charge in [0.15, 0.2) is 0 Å². The lowest BCUT2D eigenvalue weighted by molar-refractivity contribution is 0.259. The van der Waals surface area contributed by atoms with Crippen molar-refractivity contribution in [2.45, 2.75) is 97.8 Å². The fourth-order valence-electron chi connectivity index (χ4n) is 5.45. The number of benzene rings is 2. The average Bonchev–Trinajstić information content (AvgIpc) is 2.72. The fourth-order valence-corrected chi connectivity index (χ4v) is 5.45. The maximum Gasteiger partial charge on any atom is -0.00696 e. The van der Waals surface area contributed by atoms with Crippen LogP contribution in [0.5, 0.6) is 0 Å². The Hall–Kier alpha value is -1.82. The van der Waals surface area contributed by atoms with Crippen molar-refractivity contribution < 1.29 is 0 Å². The van der Waals surface area contributed by atoms with Gasteiger partial charge in [0.05, 0.1) is 0 Å². The summed E-state index contributed by atoms with van der Waals surface area (Å²) in [5, 5.41) is 0. The second kappa shape index (κ2) is 10.7. The number of aryl methyl sites for hydroxylation is 1. The number of hydrogen-bond acceptors (Lipinski definition) is 0. The smallest absolute Gasteiger partial charge is 0.00696 e. The molecule has 2 atom stereocenters. The first-order valence-corrected chi connectivity index (χ1v) is 12.3. The van der Waals surface area contributed by atoms with Crippen molar-refractivity contribution in [3.05, 3.63) is 83.9 Å². The van der Waals surface area contributed by atoms with E-state index in [9.17, 15) is 0 Å². The van der Waals surface area contributed by atoms with Crippen molar-refractivity contribution >= 4 is 0 Å². The summed E-state index contributed by atoms with van der Waals surface area (Å²) in [5.74, 6) is 0.738. The predicted molar refractivity (Wildman–Crippen MR) is 139 cm³/mol. The van der Waals surface area contributed by atoms with Crippen LogP contribution in [0.2, 0.25) is 0 Å². The Morgan fingerprint density at radius 2 is 1.55 bits per heavy atom. The van der Waals surface area contributed by atoms with Crippen molar-refractivity contribution in [1.82, 2.24) is 0 Å². The monoisotopic (exact) mass is 418 g/mol. The van der Waals surface area contributed by atoms with Gasteiger partial charge in [-0.3, -0.25) is 0 Å². The molecule has 170 valence electrons. The summed E-state index contributed by atoms with van der Waals surface area (Å²) in [6, 6.07) is 20.5. The summed E-state index contributed by atoms with van der Waals surface area (Å²) in [7, 11) is 0. The third-order valence-corrected chi connectivity index (χ3v) is 7.26. The zero-order valence-corrected chi connectivity index (χ0v) is 21.3. The molecule has 0 nitrogen and oxygen atoms in total. The topological polar surface area (TPSA) is 0 Å². The van der Waals surface area contributed by atoms with Gasteiger partial charge in [-0.05, 0) is 71.0 Å². The molecule has 0 aromatic heterocycles. The first-order valence-electron chi connectivity index (χ1n) is 12.3. The second-order valence-electron chi connectivity index (χ2n) is 11.6. The molecule has 0 aliphatic carbocycles. The highest BCUT2D eigenvalue weighted by Gasteiger charge is 2.30. The molecular formula is C31H46. The van der Waals surface area contributed by atoms with Crippen LogP contribution in [0.25, 0.3) is 0 Å². The van der Waals surface area contributed by atoms with E-state index in [2.05, 4.69) is 116 Å². The molecule has 0 heteroatoms. The number of rotatable bonds is 12. The van der Waals surface area contributed by atoms with Gasteiger partial charge in [0.25, 0.3) is 0 Å². The minimum absolute atomic E-state index is 0.155. The number of hydrogen-bond donors (Lipinski definition) is 0. The van der Waals surface area contributed by atoms with Gasteiger partial charge in [0.1, 0.15) is 0 Å². The summed E-state index contributed by atoms with van der Waals surface area (Å²) in [6.45, 7) is 20.7. The molecule has 0 amide bonds. The summed E-state index contributed by atoms with van der Waals surface area (Å²) in [5.41, 5.74) is 5.06. The lowest BCUT2D eigenvalue weighted by Crippen LogP contribution is -2.27. The normalized spacial score (nSPS) is 15.3. The molecular weight excluding hydrogens is 372 g/mol. The lowest BCUT2D eigenvalue weighted by Gasteiger charge is -2.35. The molecule has 0 fully saturated rings. The molecule has 0 aliphatic rings. The molecule has 0 N–H and O–H groups in total. The SMILES string of the molecule is C=CCC(C)(C)CC(C)(C)c1cccc(CCC(C)(CC(C)CC)c2ccccc2)c1. The highest BCUT2D eigenvalue weighted by molar-refractivity contribution is 5.31. The third-order valence-electron chi connectivity index (χ3n) is 7.26. The van der Waals surface area contributed by atoms with Crippen molar-refractivity contribution in [3.8, 4) is 0 Å². The molecule has 2 aromatic carbocycles. The quantitative estimate of drug-likeness (QED) is 0.301. The minimum atomic E-state index is 0.155. The van der Waals surface area contributed by atoms with Gasteiger partial charge >= 0.3 is 0 Å². The molecule has 2 unspecified atom stereocenters. The lowest BCUT2D eigenvalue weighted by atomic mass is 9.69. The van der Waals surface area contributed by atoms with Crippen LogP contribution < -0.4 is 0 Å². The van der Waals surface area contributed by atoms with E-state index in [4.69, 9.17) is 0 Å². The van der Waals surface area contributed by atoms with Gasteiger partial charge in [-0.1, -0.05) is 116 Å². The molecule has 0 heterocycles. The van der Waals surface area contributed by atoms with Crippen LogP contribution in [-0.2, 0) is 17.3 Å². The van der Waals surface area contributed by atoms with Crippen molar-refractivity contribution in [2.75, 3.05) is 0 Å². The maximum absolute atomic E-state index is 3.96.